The molecule has 0 bridgehead atoms. The van der Waals surface area contributed by atoms with Crippen LogP contribution in [0.15, 0.2) is 18.2 Å². The fraction of sp³-hybridized carbons (Fsp3) is 0.423. The summed E-state index contributed by atoms with van der Waals surface area (Å²) in [4.78, 5) is 36.0. The second-order valence-electron chi connectivity index (χ2n) is 9.33. The van der Waals surface area contributed by atoms with Gasteiger partial charge in [0.25, 0.3) is 5.91 Å². The number of rotatable bonds is 9. The van der Waals surface area contributed by atoms with Crippen molar-refractivity contribution in [1.29, 1.82) is 0 Å². The van der Waals surface area contributed by atoms with Crippen LogP contribution >= 0.6 is 34.5 Å². The number of methoxy groups -OCH3 is 2. The van der Waals surface area contributed by atoms with Gasteiger partial charge in [-0.1, -0.05) is 34.5 Å². The zero-order chi connectivity index (χ0) is 27.1. The molecule has 1 aliphatic heterocycles. The Hall–Kier alpha value is -2.95. The Bertz CT molecular complexity index is 1380. The van der Waals surface area contributed by atoms with Gasteiger partial charge in [0.15, 0.2) is 5.13 Å². The minimum absolute atomic E-state index is 0.0576. The summed E-state index contributed by atoms with van der Waals surface area (Å²) in [5, 5.41) is 4.44. The number of benzene rings is 1. The van der Waals surface area contributed by atoms with Crippen LogP contribution in [0.5, 0.6) is 11.5 Å². The summed E-state index contributed by atoms with van der Waals surface area (Å²) in [6, 6.07) is 5.61. The zero-order valence-corrected chi connectivity index (χ0v) is 23.7. The fourth-order valence-corrected chi connectivity index (χ4v) is 6.41. The number of carbonyl (C=O) groups excluding carboxylic acids is 2. The highest BCUT2D eigenvalue weighted by Crippen LogP contribution is 2.48. The van der Waals surface area contributed by atoms with Crippen LogP contribution in [0.25, 0.3) is 0 Å². The van der Waals surface area contributed by atoms with Crippen molar-refractivity contribution in [3.05, 3.63) is 55.8 Å². The summed E-state index contributed by atoms with van der Waals surface area (Å²) >= 11 is 13.7. The van der Waals surface area contributed by atoms with E-state index in [1.807, 2.05) is 18.2 Å². The van der Waals surface area contributed by atoms with E-state index in [-0.39, 0.29) is 35.2 Å². The lowest BCUT2D eigenvalue weighted by Gasteiger charge is -2.19. The summed E-state index contributed by atoms with van der Waals surface area (Å²) in [7, 11) is 3.21. The number of halogens is 2. The lowest BCUT2D eigenvalue weighted by Crippen LogP contribution is -2.34. The van der Waals surface area contributed by atoms with Crippen LogP contribution in [0, 0.1) is 18.8 Å². The number of hydrogen-bond donors (Lipinski definition) is 2. The monoisotopic (exact) mass is 578 g/mol. The summed E-state index contributed by atoms with van der Waals surface area (Å²) in [6.07, 6.45) is 0.392. The Labute approximate surface area is 234 Å². The van der Waals surface area contributed by atoms with E-state index in [4.69, 9.17) is 42.4 Å². The normalized spacial score (nSPS) is 19.7. The molecule has 1 amide bonds. The van der Waals surface area contributed by atoms with E-state index in [0.717, 1.165) is 23.8 Å². The quantitative estimate of drug-likeness (QED) is 0.353. The Morgan fingerprint density at radius 2 is 1.92 bits per heavy atom. The molecule has 5 rings (SSSR count). The third kappa shape index (κ3) is 4.92. The molecule has 1 saturated carbocycles. The molecule has 0 radical (unpaired) electrons. The number of esters is 1. The van der Waals surface area contributed by atoms with Crippen molar-refractivity contribution >= 4 is 51.5 Å². The maximum Gasteiger partial charge on any atom is 0.350 e. The number of nitrogens with zero attached hydrogens (tertiary/aromatic N) is 2. The van der Waals surface area contributed by atoms with Gasteiger partial charge in [-0.2, -0.15) is 0 Å². The molecule has 3 aromatic rings. The molecular weight excluding hydrogens is 551 g/mol. The Balaban J connectivity index is 1.30. The van der Waals surface area contributed by atoms with Crippen molar-refractivity contribution in [2.24, 2.45) is 11.8 Å². The van der Waals surface area contributed by atoms with Crippen molar-refractivity contribution in [3.8, 4) is 11.5 Å². The summed E-state index contributed by atoms with van der Waals surface area (Å²) < 4.78 is 16.2. The van der Waals surface area contributed by atoms with E-state index in [1.165, 1.54) is 11.3 Å². The van der Waals surface area contributed by atoms with Crippen LogP contribution in [0.1, 0.15) is 44.0 Å². The number of amides is 1. The van der Waals surface area contributed by atoms with Gasteiger partial charge in [-0.3, -0.25) is 4.79 Å². The van der Waals surface area contributed by atoms with E-state index in [2.05, 4.69) is 15.2 Å². The highest BCUT2D eigenvalue weighted by Gasteiger charge is 2.57. The van der Waals surface area contributed by atoms with E-state index in [9.17, 15) is 9.59 Å². The predicted octanol–water partition coefficient (Wildman–Crippen LogP) is 4.74. The van der Waals surface area contributed by atoms with Crippen LogP contribution in [0.3, 0.4) is 0 Å². The molecule has 2 aromatic heterocycles. The molecule has 3 heterocycles. The molecule has 2 fully saturated rings. The predicted molar refractivity (Wildman–Crippen MR) is 146 cm³/mol. The second kappa shape index (κ2) is 10.7. The Morgan fingerprint density at radius 1 is 1.18 bits per heavy atom. The molecule has 1 saturated heterocycles. The number of H-pyrrole nitrogens is 1. The number of ether oxygens (including phenoxy) is 3. The molecule has 1 aliphatic carbocycles. The van der Waals surface area contributed by atoms with E-state index >= 15 is 0 Å². The number of hydrogen-bond acceptors (Lipinski definition) is 8. The van der Waals surface area contributed by atoms with Crippen LogP contribution in [0.2, 0.25) is 10.0 Å². The maximum absolute atomic E-state index is 12.8. The summed E-state index contributed by atoms with van der Waals surface area (Å²) in [5.74, 6) is 1.32. The number of thiazole rings is 1. The average molecular weight is 580 g/mol. The fourth-order valence-electron chi connectivity index (χ4n) is 5.00. The molecule has 1 aromatic carbocycles. The van der Waals surface area contributed by atoms with Gasteiger partial charge in [-0.15, -0.1) is 0 Å². The highest BCUT2D eigenvalue weighted by molar-refractivity contribution is 7.17. The molecular formula is C26H28Cl2N4O5S. The van der Waals surface area contributed by atoms with Crippen molar-refractivity contribution in [2.75, 3.05) is 38.8 Å². The molecule has 202 valence electrons. The topological polar surface area (TPSA) is 106 Å². The average Bonchev–Trinajstić information content (AvgIpc) is 3.26. The molecule has 12 heteroatoms. The number of piperidine rings is 1. The largest absolute Gasteiger partial charge is 0.497 e. The van der Waals surface area contributed by atoms with Gasteiger partial charge in [0.05, 0.1) is 36.6 Å². The van der Waals surface area contributed by atoms with Gasteiger partial charge in [0.2, 0.25) is 0 Å². The maximum atomic E-state index is 12.8. The van der Waals surface area contributed by atoms with Gasteiger partial charge >= 0.3 is 5.97 Å². The lowest BCUT2D eigenvalue weighted by molar-refractivity contribution is 0.0530. The van der Waals surface area contributed by atoms with E-state index < -0.39 is 0 Å². The first-order valence-corrected chi connectivity index (χ1v) is 13.8. The molecule has 3 atom stereocenters. The van der Waals surface area contributed by atoms with Gasteiger partial charge in [0.1, 0.15) is 22.1 Å². The zero-order valence-electron chi connectivity index (χ0n) is 21.4. The Kier molecular flexibility index (Phi) is 7.48. The lowest BCUT2D eigenvalue weighted by atomic mass is 10.1. The number of aromatic nitrogens is 2. The number of aryl methyl sites for hydroxylation is 1. The van der Waals surface area contributed by atoms with Crippen molar-refractivity contribution in [2.45, 2.75) is 26.3 Å². The molecule has 2 N–H and O–H groups in total. The number of nitrogens with one attached hydrogen (secondary N) is 2. The first-order chi connectivity index (χ1) is 18.2. The summed E-state index contributed by atoms with van der Waals surface area (Å²) in [6.45, 7) is 5.28. The van der Waals surface area contributed by atoms with Crippen molar-refractivity contribution in [3.63, 3.8) is 0 Å². The SMILES string of the molecule is CCOC(=O)c1sc(N2C[C@@H]3[C@H](C2)[C@@H]3NC(=O)c2[nH]c(C)c(Cl)c2Cl)nc1Cc1cc(OC)ccc1OC. The number of anilines is 1. The van der Waals surface area contributed by atoms with Gasteiger partial charge in [-0.05, 0) is 32.0 Å². The first-order valence-electron chi connectivity index (χ1n) is 12.2. The van der Waals surface area contributed by atoms with Gasteiger partial charge in [0, 0.05) is 48.6 Å². The molecule has 2 aliphatic rings. The molecule has 0 spiro atoms. The van der Waals surface area contributed by atoms with Crippen LogP contribution in [-0.2, 0) is 11.2 Å². The standard InChI is InChI=1S/C26H28Cl2N4O5S/c1-5-37-25(34)23-17(9-13-8-14(35-3)6-7-18(13)36-4)30-26(38-23)32-10-15-16(11-32)21(15)31-24(33)22-20(28)19(27)12(2)29-22/h6-8,15-16,21,29H,5,9-11H2,1-4H3,(H,31,33)/t15-,16+,21-. The minimum Gasteiger partial charge on any atom is -0.497 e. The van der Waals surface area contributed by atoms with E-state index in [1.54, 1.807) is 28.1 Å². The smallest absolute Gasteiger partial charge is 0.350 e. The Morgan fingerprint density at radius 3 is 2.53 bits per heavy atom. The number of aromatic amines is 1. The van der Waals surface area contributed by atoms with E-state index in [0.29, 0.717) is 51.0 Å². The molecule has 38 heavy (non-hydrogen) atoms. The second-order valence-corrected chi connectivity index (χ2v) is 11.1. The molecule has 0 unspecified atom stereocenters. The van der Waals surface area contributed by atoms with Crippen LogP contribution in [0.4, 0.5) is 5.13 Å². The highest BCUT2D eigenvalue weighted by atomic mass is 35.5. The first kappa shape index (κ1) is 26.6. The third-order valence-electron chi connectivity index (χ3n) is 7.04. The number of fused-ring (bicyclic) bond motifs is 1. The summed E-state index contributed by atoms with van der Waals surface area (Å²) in [5.41, 5.74) is 2.44. The van der Waals surface area contributed by atoms with Crippen LogP contribution < -0.4 is 19.7 Å². The van der Waals surface area contributed by atoms with Crippen molar-refractivity contribution < 1.29 is 23.8 Å². The van der Waals surface area contributed by atoms with Crippen LogP contribution in [-0.4, -0.2) is 61.8 Å². The minimum atomic E-state index is -0.389. The molecule has 9 nitrogen and oxygen atoms in total. The number of carbonyl (C=O) groups is 2. The third-order valence-corrected chi connectivity index (χ3v) is 9.12. The van der Waals surface area contributed by atoms with Gasteiger partial charge in [-0.25, -0.2) is 9.78 Å². The van der Waals surface area contributed by atoms with Gasteiger partial charge < -0.3 is 29.4 Å². The van der Waals surface area contributed by atoms with Crippen molar-refractivity contribution in [1.82, 2.24) is 15.3 Å².